The fourth-order valence-electron chi connectivity index (χ4n) is 3.00. The molecule has 1 saturated heterocycles. The molecule has 1 aliphatic rings. The summed E-state index contributed by atoms with van der Waals surface area (Å²) in [6, 6.07) is 10.3. The Morgan fingerprint density at radius 1 is 1.26 bits per heavy atom. The maximum atomic E-state index is 12.7. The molecule has 0 radical (unpaired) electrons. The zero-order chi connectivity index (χ0) is 13.7. The third kappa shape index (κ3) is 3.37. The van der Waals surface area contributed by atoms with Crippen LogP contribution in [0.3, 0.4) is 0 Å². The standard InChI is InChI=1S/C17H25NO/c1-3-4-11-17(2)12-8-13-18(16(17)19)14-15-9-6-5-7-10-15/h5-7,9-10H,3-4,8,11-14H2,1-2H3. The Kier molecular flexibility index (Phi) is 4.62. The molecule has 0 bridgehead atoms. The van der Waals surface area contributed by atoms with E-state index in [2.05, 4.69) is 30.9 Å². The molecule has 0 spiro atoms. The molecule has 1 unspecified atom stereocenters. The first-order valence-corrected chi connectivity index (χ1v) is 7.49. The van der Waals surface area contributed by atoms with Crippen LogP contribution < -0.4 is 0 Å². The fourth-order valence-corrected chi connectivity index (χ4v) is 3.00. The van der Waals surface area contributed by atoms with E-state index in [-0.39, 0.29) is 5.41 Å². The van der Waals surface area contributed by atoms with Gasteiger partial charge in [0.2, 0.25) is 5.91 Å². The summed E-state index contributed by atoms with van der Waals surface area (Å²) in [5, 5.41) is 0. The van der Waals surface area contributed by atoms with E-state index < -0.39 is 0 Å². The lowest BCUT2D eigenvalue weighted by Gasteiger charge is -2.39. The van der Waals surface area contributed by atoms with Crippen molar-refractivity contribution in [2.75, 3.05) is 6.54 Å². The molecule has 1 atom stereocenters. The number of piperidine rings is 1. The Balaban J connectivity index is 2.04. The number of amides is 1. The third-order valence-electron chi connectivity index (χ3n) is 4.26. The minimum atomic E-state index is -0.122. The molecule has 2 heteroatoms. The number of hydrogen-bond donors (Lipinski definition) is 0. The molecule has 0 saturated carbocycles. The van der Waals surface area contributed by atoms with Crippen molar-refractivity contribution in [1.82, 2.24) is 4.90 Å². The number of carbonyl (C=O) groups is 1. The maximum Gasteiger partial charge on any atom is 0.228 e. The molecule has 0 aliphatic carbocycles. The van der Waals surface area contributed by atoms with Gasteiger partial charge in [0.15, 0.2) is 0 Å². The average Bonchev–Trinajstić information content (AvgIpc) is 2.43. The highest BCUT2D eigenvalue weighted by Crippen LogP contribution is 2.36. The number of hydrogen-bond acceptors (Lipinski definition) is 1. The molecule has 1 fully saturated rings. The van der Waals surface area contributed by atoms with Crippen LogP contribution in [0.4, 0.5) is 0 Å². The van der Waals surface area contributed by atoms with Crippen LogP contribution in [0.5, 0.6) is 0 Å². The zero-order valence-corrected chi connectivity index (χ0v) is 12.2. The van der Waals surface area contributed by atoms with E-state index in [0.29, 0.717) is 5.91 Å². The summed E-state index contributed by atoms with van der Waals surface area (Å²) in [4.78, 5) is 14.7. The van der Waals surface area contributed by atoms with Crippen molar-refractivity contribution >= 4 is 5.91 Å². The number of benzene rings is 1. The second kappa shape index (κ2) is 6.23. The van der Waals surface area contributed by atoms with Gasteiger partial charge in [-0.05, 0) is 24.8 Å². The fraction of sp³-hybridized carbons (Fsp3) is 0.588. The van der Waals surface area contributed by atoms with Crippen molar-refractivity contribution < 1.29 is 4.79 Å². The lowest BCUT2D eigenvalue weighted by atomic mass is 9.77. The molecule has 19 heavy (non-hydrogen) atoms. The summed E-state index contributed by atoms with van der Waals surface area (Å²) >= 11 is 0. The van der Waals surface area contributed by atoms with Crippen LogP contribution in [0, 0.1) is 5.41 Å². The summed E-state index contributed by atoms with van der Waals surface area (Å²) in [6.07, 6.45) is 5.55. The maximum absolute atomic E-state index is 12.7. The number of unbranched alkanes of at least 4 members (excludes halogenated alkanes) is 1. The summed E-state index contributed by atoms with van der Waals surface area (Å²) in [5.74, 6) is 0.357. The number of carbonyl (C=O) groups excluding carboxylic acids is 1. The van der Waals surface area contributed by atoms with Crippen molar-refractivity contribution in [3.05, 3.63) is 35.9 Å². The van der Waals surface area contributed by atoms with Crippen molar-refractivity contribution in [3.8, 4) is 0 Å². The highest BCUT2D eigenvalue weighted by Gasteiger charge is 2.38. The average molecular weight is 259 g/mol. The van der Waals surface area contributed by atoms with Crippen LogP contribution >= 0.6 is 0 Å². The van der Waals surface area contributed by atoms with Gasteiger partial charge in [0.05, 0.1) is 0 Å². The molecule has 104 valence electrons. The minimum absolute atomic E-state index is 0.122. The normalized spacial score (nSPS) is 23.7. The number of nitrogens with zero attached hydrogens (tertiary/aromatic N) is 1. The highest BCUT2D eigenvalue weighted by molar-refractivity contribution is 5.83. The molecule has 2 rings (SSSR count). The summed E-state index contributed by atoms with van der Waals surface area (Å²) in [5.41, 5.74) is 1.11. The Hall–Kier alpha value is -1.31. The van der Waals surface area contributed by atoms with Gasteiger partial charge in [0.25, 0.3) is 0 Å². The minimum Gasteiger partial charge on any atom is -0.338 e. The largest absolute Gasteiger partial charge is 0.338 e. The summed E-state index contributed by atoms with van der Waals surface area (Å²) in [7, 11) is 0. The van der Waals surface area contributed by atoms with Crippen molar-refractivity contribution in [1.29, 1.82) is 0 Å². The van der Waals surface area contributed by atoms with Gasteiger partial charge in [-0.25, -0.2) is 0 Å². The molecule has 0 aromatic heterocycles. The molecule has 0 N–H and O–H groups in total. The summed E-state index contributed by atoms with van der Waals surface area (Å²) in [6.45, 7) is 6.03. The van der Waals surface area contributed by atoms with Crippen LogP contribution in [0.25, 0.3) is 0 Å². The first-order chi connectivity index (χ1) is 9.15. The third-order valence-corrected chi connectivity index (χ3v) is 4.26. The predicted octanol–water partition coefficient (Wildman–Crippen LogP) is 4.01. The van der Waals surface area contributed by atoms with E-state index >= 15 is 0 Å². The Morgan fingerprint density at radius 2 is 2.00 bits per heavy atom. The lowest BCUT2D eigenvalue weighted by molar-refractivity contribution is -0.146. The van der Waals surface area contributed by atoms with E-state index in [1.807, 2.05) is 18.2 Å². The van der Waals surface area contributed by atoms with Gasteiger partial charge in [-0.3, -0.25) is 4.79 Å². The molecule has 1 heterocycles. The molecule has 1 aromatic rings. The molecular formula is C17H25NO. The van der Waals surface area contributed by atoms with Crippen LogP contribution in [0.2, 0.25) is 0 Å². The van der Waals surface area contributed by atoms with E-state index in [9.17, 15) is 4.79 Å². The van der Waals surface area contributed by atoms with Gasteiger partial charge in [0.1, 0.15) is 0 Å². The van der Waals surface area contributed by atoms with Crippen molar-refractivity contribution in [2.24, 2.45) is 5.41 Å². The topological polar surface area (TPSA) is 20.3 Å². The second-order valence-corrected chi connectivity index (χ2v) is 5.98. The molecule has 2 nitrogen and oxygen atoms in total. The van der Waals surface area contributed by atoms with E-state index in [0.717, 1.165) is 38.8 Å². The second-order valence-electron chi connectivity index (χ2n) is 5.98. The number of rotatable bonds is 5. The summed E-state index contributed by atoms with van der Waals surface area (Å²) < 4.78 is 0. The van der Waals surface area contributed by atoms with Gasteiger partial charge < -0.3 is 4.90 Å². The van der Waals surface area contributed by atoms with Crippen LogP contribution in [-0.2, 0) is 11.3 Å². The van der Waals surface area contributed by atoms with E-state index in [1.165, 1.54) is 12.0 Å². The molecule has 1 aliphatic heterocycles. The monoisotopic (exact) mass is 259 g/mol. The van der Waals surface area contributed by atoms with E-state index in [1.54, 1.807) is 0 Å². The number of likely N-dealkylation sites (tertiary alicyclic amines) is 1. The van der Waals surface area contributed by atoms with Gasteiger partial charge >= 0.3 is 0 Å². The van der Waals surface area contributed by atoms with Crippen LogP contribution in [-0.4, -0.2) is 17.4 Å². The smallest absolute Gasteiger partial charge is 0.228 e. The van der Waals surface area contributed by atoms with Gasteiger partial charge in [-0.15, -0.1) is 0 Å². The molecule has 1 aromatic carbocycles. The van der Waals surface area contributed by atoms with Crippen LogP contribution in [0.15, 0.2) is 30.3 Å². The Morgan fingerprint density at radius 3 is 2.68 bits per heavy atom. The van der Waals surface area contributed by atoms with E-state index in [4.69, 9.17) is 0 Å². The SMILES string of the molecule is CCCCC1(C)CCCN(Cc2ccccc2)C1=O. The lowest BCUT2D eigenvalue weighted by Crippen LogP contribution is -2.46. The van der Waals surface area contributed by atoms with Crippen LogP contribution in [0.1, 0.15) is 51.5 Å². The van der Waals surface area contributed by atoms with Gasteiger partial charge in [-0.1, -0.05) is 57.0 Å². The molecular weight excluding hydrogens is 234 g/mol. The highest BCUT2D eigenvalue weighted by atomic mass is 16.2. The van der Waals surface area contributed by atoms with Crippen molar-refractivity contribution in [3.63, 3.8) is 0 Å². The quantitative estimate of drug-likeness (QED) is 0.782. The van der Waals surface area contributed by atoms with Crippen molar-refractivity contribution in [2.45, 2.75) is 52.5 Å². The van der Waals surface area contributed by atoms with Gasteiger partial charge in [0, 0.05) is 18.5 Å². The first-order valence-electron chi connectivity index (χ1n) is 7.49. The molecule has 1 amide bonds. The first kappa shape index (κ1) is 14.1. The zero-order valence-electron chi connectivity index (χ0n) is 12.2. The van der Waals surface area contributed by atoms with Gasteiger partial charge in [-0.2, -0.15) is 0 Å². The predicted molar refractivity (Wildman–Crippen MR) is 78.7 cm³/mol. The Labute approximate surface area is 116 Å². The Bertz CT molecular complexity index is 415.